The molecule has 6 heteroatoms. The highest BCUT2D eigenvalue weighted by atomic mass is 32.2. The maximum Gasteiger partial charge on any atom is 0.243 e. The first-order valence-electron chi connectivity index (χ1n) is 6.19. The summed E-state index contributed by atoms with van der Waals surface area (Å²) in [6.45, 7) is 3.37. The maximum absolute atomic E-state index is 12.4. The SMILES string of the molecule is Cc1cc(CN)ccc1S(=O)(=O)N(C)CCN(C)C. The van der Waals surface area contributed by atoms with Gasteiger partial charge in [0.1, 0.15) is 0 Å². The molecule has 19 heavy (non-hydrogen) atoms. The summed E-state index contributed by atoms with van der Waals surface area (Å²) in [6.07, 6.45) is 0. The zero-order valence-corrected chi connectivity index (χ0v) is 12.9. The number of sulfonamides is 1. The van der Waals surface area contributed by atoms with Gasteiger partial charge in [-0.1, -0.05) is 12.1 Å². The van der Waals surface area contributed by atoms with Crippen LogP contribution < -0.4 is 5.73 Å². The van der Waals surface area contributed by atoms with Gasteiger partial charge in [0.15, 0.2) is 0 Å². The van der Waals surface area contributed by atoms with E-state index in [4.69, 9.17) is 5.73 Å². The molecule has 0 unspecified atom stereocenters. The minimum Gasteiger partial charge on any atom is -0.326 e. The maximum atomic E-state index is 12.4. The van der Waals surface area contributed by atoms with Crippen LogP contribution in [0.3, 0.4) is 0 Å². The van der Waals surface area contributed by atoms with Crippen LogP contribution in [0.15, 0.2) is 23.1 Å². The van der Waals surface area contributed by atoms with Crippen LogP contribution in [-0.4, -0.2) is 51.9 Å². The summed E-state index contributed by atoms with van der Waals surface area (Å²) in [6, 6.07) is 5.23. The van der Waals surface area contributed by atoms with Crippen LogP contribution in [0.5, 0.6) is 0 Å². The van der Waals surface area contributed by atoms with Crippen molar-refractivity contribution in [1.82, 2.24) is 9.21 Å². The number of aryl methyl sites for hydroxylation is 1. The highest BCUT2D eigenvalue weighted by molar-refractivity contribution is 7.89. The summed E-state index contributed by atoms with van der Waals surface area (Å²) >= 11 is 0. The lowest BCUT2D eigenvalue weighted by molar-refractivity contribution is 0.358. The Morgan fingerprint density at radius 1 is 1.16 bits per heavy atom. The number of benzene rings is 1. The lowest BCUT2D eigenvalue weighted by Gasteiger charge is -2.20. The summed E-state index contributed by atoms with van der Waals surface area (Å²) < 4.78 is 26.3. The molecule has 0 saturated carbocycles. The third-order valence-electron chi connectivity index (χ3n) is 3.03. The Bertz CT molecular complexity index is 527. The molecular formula is C13H23N3O2S. The van der Waals surface area contributed by atoms with Crippen molar-refractivity contribution >= 4 is 10.0 Å². The van der Waals surface area contributed by atoms with E-state index in [-0.39, 0.29) is 0 Å². The van der Waals surface area contributed by atoms with Crippen LogP contribution in [0.2, 0.25) is 0 Å². The lowest BCUT2D eigenvalue weighted by Crippen LogP contribution is -2.33. The predicted molar refractivity (Wildman–Crippen MR) is 77.4 cm³/mol. The van der Waals surface area contributed by atoms with Gasteiger partial charge in [-0.25, -0.2) is 8.42 Å². The second-order valence-corrected chi connectivity index (χ2v) is 6.95. The predicted octanol–water partition coefficient (Wildman–Crippen LogP) is 0.636. The van der Waals surface area contributed by atoms with E-state index >= 15 is 0 Å². The Morgan fingerprint density at radius 2 is 1.79 bits per heavy atom. The average molecular weight is 285 g/mol. The normalized spacial score (nSPS) is 12.4. The van der Waals surface area contributed by atoms with Crippen LogP contribution in [0.25, 0.3) is 0 Å². The molecule has 0 radical (unpaired) electrons. The third kappa shape index (κ3) is 4.01. The Labute approximate surface area is 116 Å². The van der Waals surface area contributed by atoms with Crippen molar-refractivity contribution in [1.29, 1.82) is 0 Å². The monoisotopic (exact) mass is 285 g/mol. The van der Waals surface area contributed by atoms with Crippen molar-refractivity contribution in [3.8, 4) is 0 Å². The van der Waals surface area contributed by atoms with Gasteiger partial charge < -0.3 is 10.6 Å². The Balaban J connectivity index is 2.99. The third-order valence-corrected chi connectivity index (χ3v) is 5.04. The molecule has 0 atom stereocenters. The molecule has 0 bridgehead atoms. The largest absolute Gasteiger partial charge is 0.326 e. The molecule has 0 fully saturated rings. The van der Waals surface area contributed by atoms with Crippen molar-refractivity contribution in [2.75, 3.05) is 34.2 Å². The molecule has 1 aromatic carbocycles. The number of nitrogens with zero attached hydrogens (tertiary/aromatic N) is 2. The van der Waals surface area contributed by atoms with Gasteiger partial charge in [0.25, 0.3) is 0 Å². The minimum absolute atomic E-state index is 0.353. The van der Waals surface area contributed by atoms with Crippen LogP contribution in [0, 0.1) is 6.92 Å². The molecule has 0 aromatic heterocycles. The van der Waals surface area contributed by atoms with Gasteiger partial charge in [0, 0.05) is 26.7 Å². The minimum atomic E-state index is -3.42. The van der Waals surface area contributed by atoms with Crippen molar-refractivity contribution < 1.29 is 8.42 Å². The molecule has 2 N–H and O–H groups in total. The summed E-state index contributed by atoms with van der Waals surface area (Å²) in [7, 11) is 2.02. The standard InChI is InChI=1S/C13H23N3O2S/c1-11-9-12(10-14)5-6-13(11)19(17,18)16(4)8-7-15(2)3/h5-6,9H,7-8,10,14H2,1-4H3. The van der Waals surface area contributed by atoms with E-state index in [1.165, 1.54) is 4.31 Å². The van der Waals surface area contributed by atoms with Crippen molar-refractivity contribution in [3.05, 3.63) is 29.3 Å². The molecule has 0 heterocycles. The molecule has 5 nitrogen and oxygen atoms in total. The van der Waals surface area contributed by atoms with Gasteiger partial charge >= 0.3 is 0 Å². The average Bonchev–Trinajstić information content (AvgIpc) is 2.35. The molecule has 0 aliphatic rings. The summed E-state index contributed by atoms with van der Waals surface area (Å²) in [5, 5.41) is 0. The van der Waals surface area contributed by atoms with Crippen LogP contribution in [0.1, 0.15) is 11.1 Å². The first-order valence-corrected chi connectivity index (χ1v) is 7.63. The summed E-state index contributed by atoms with van der Waals surface area (Å²) in [5.74, 6) is 0. The number of rotatable bonds is 6. The topological polar surface area (TPSA) is 66.6 Å². The summed E-state index contributed by atoms with van der Waals surface area (Å²) in [4.78, 5) is 2.31. The van der Waals surface area contributed by atoms with Crippen LogP contribution in [-0.2, 0) is 16.6 Å². The second kappa shape index (κ2) is 6.47. The number of hydrogen-bond acceptors (Lipinski definition) is 4. The molecule has 0 aliphatic carbocycles. The van der Waals surface area contributed by atoms with Crippen molar-refractivity contribution in [2.45, 2.75) is 18.4 Å². The molecule has 1 aromatic rings. The molecule has 108 valence electrons. The van der Waals surface area contributed by atoms with Gasteiger partial charge in [0.2, 0.25) is 10.0 Å². The second-order valence-electron chi connectivity index (χ2n) is 4.93. The highest BCUT2D eigenvalue weighted by Crippen LogP contribution is 2.20. The molecule has 0 saturated heterocycles. The summed E-state index contributed by atoms with van der Waals surface area (Å²) in [5.41, 5.74) is 7.23. The fraction of sp³-hybridized carbons (Fsp3) is 0.538. The van der Waals surface area contributed by atoms with E-state index in [0.717, 1.165) is 11.1 Å². The van der Waals surface area contributed by atoms with Gasteiger partial charge in [0.05, 0.1) is 4.90 Å². The van der Waals surface area contributed by atoms with Gasteiger partial charge in [-0.3, -0.25) is 0 Å². The van der Waals surface area contributed by atoms with Crippen LogP contribution in [0.4, 0.5) is 0 Å². The van der Waals surface area contributed by atoms with E-state index in [1.807, 2.05) is 25.1 Å². The Morgan fingerprint density at radius 3 is 2.26 bits per heavy atom. The van der Waals surface area contributed by atoms with E-state index in [0.29, 0.717) is 24.5 Å². The first-order chi connectivity index (χ1) is 8.78. The van der Waals surface area contributed by atoms with Gasteiger partial charge in [-0.05, 0) is 38.2 Å². The number of likely N-dealkylation sites (N-methyl/N-ethyl adjacent to an activating group) is 2. The Hall–Kier alpha value is -0.950. The fourth-order valence-electron chi connectivity index (χ4n) is 1.76. The Kier molecular flexibility index (Phi) is 5.49. The molecule has 1 rings (SSSR count). The lowest BCUT2D eigenvalue weighted by atomic mass is 10.1. The molecule has 0 spiro atoms. The van der Waals surface area contributed by atoms with Gasteiger partial charge in [-0.15, -0.1) is 0 Å². The fourth-order valence-corrected chi connectivity index (χ4v) is 3.12. The zero-order chi connectivity index (χ0) is 14.6. The van der Waals surface area contributed by atoms with E-state index in [2.05, 4.69) is 0 Å². The van der Waals surface area contributed by atoms with Gasteiger partial charge in [-0.2, -0.15) is 4.31 Å². The van der Waals surface area contributed by atoms with Crippen molar-refractivity contribution in [2.24, 2.45) is 5.73 Å². The van der Waals surface area contributed by atoms with Crippen molar-refractivity contribution in [3.63, 3.8) is 0 Å². The van der Waals surface area contributed by atoms with E-state index in [1.54, 1.807) is 26.1 Å². The zero-order valence-electron chi connectivity index (χ0n) is 12.0. The highest BCUT2D eigenvalue weighted by Gasteiger charge is 2.22. The quantitative estimate of drug-likeness (QED) is 0.833. The molecular weight excluding hydrogens is 262 g/mol. The molecule has 0 aliphatic heterocycles. The van der Waals surface area contributed by atoms with Crippen LogP contribution >= 0.6 is 0 Å². The van der Waals surface area contributed by atoms with E-state index < -0.39 is 10.0 Å². The van der Waals surface area contributed by atoms with E-state index in [9.17, 15) is 8.42 Å². The first kappa shape index (κ1) is 16.1. The molecule has 0 amide bonds. The number of nitrogens with two attached hydrogens (primary N) is 1. The smallest absolute Gasteiger partial charge is 0.243 e. The number of hydrogen-bond donors (Lipinski definition) is 1.